The number of aliphatic imine (C=N–C) groups is 1. The van der Waals surface area contributed by atoms with Crippen LogP contribution in [0, 0.1) is 6.92 Å². The zero-order valence-corrected chi connectivity index (χ0v) is 21.0. The van der Waals surface area contributed by atoms with Gasteiger partial charge >= 0.3 is 0 Å². The summed E-state index contributed by atoms with van der Waals surface area (Å²) >= 11 is 0. The molecule has 0 aliphatic carbocycles. The van der Waals surface area contributed by atoms with Crippen molar-refractivity contribution >= 4 is 41.8 Å². The first kappa shape index (κ1) is 25.6. The van der Waals surface area contributed by atoms with Gasteiger partial charge in [-0.1, -0.05) is 17.7 Å². The van der Waals surface area contributed by atoms with E-state index in [0.29, 0.717) is 45.2 Å². The predicted molar refractivity (Wildman–Crippen MR) is 137 cm³/mol. The fraction of sp³-hybridized carbons (Fsp3) is 0.455. The van der Waals surface area contributed by atoms with Crippen LogP contribution in [-0.4, -0.2) is 79.7 Å². The van der Waals surface area contributed by atoms with E-state index >= 15 is 0 Å². The monoisotopic (exact) mass is 553 g/mol. The van der Waals surface area contributed by atoms with Crippen LogP contribution >= 0.6 is 24.0 Å². The lowest BCUT2D eigenvalue weighted by molar-refractivity contribution is -0.131. The highest BCUT2D eigenvalue weighted by Gasteiger charge is 2.22. The molecule has 1 saturated heterocycles. The van der Waals surface area contributed by atoms with Crippen molar-refractivity contribution in [1.82, 2.24) is 25.5 Å². The molecule has 0 unspecified atom stereocenters. The van der Waals surface area contributed by atoms with Gasteiger partial charge in [-0.05, 0) is 25.1 Å². The summed E-state index contributed by atoms with van der Waals surface area (Å²) in [6, 6.07) is 9.77. The predicted octanol–water partition coefficient (Wildman–Crippen LogP) is 1.69. The Morgan fingerprint density at radius 2 is 1.72 bits per heavy atom. The second-order valence-electron chi connectivity index (χ2n) is 7.25. The average molecular weight is 553 g/mol. The van der Waals surface area contributed by atoms with Gasteiger partial charge in [-0.3, -0.25) is 9.79 Å². The van der Waals surface area contributed by atoms with Crippen molar-refractivity contribution < 1.29 is 9.53 Å². The van der Waals surface area contributed by atoms with E-state index < -0.39 is 0 Å². The SMILES string of the molecule is CN=C(NCCOc1ccc(C)cc1)NCCC(=O)N1CCN(c2ncccn2)CC1.I. The number of guanidine groups is 1. The molecular formula is C22H32IN7O2. The van der Waals surface area contributed by atoms with E-state index in [0.717, 1.165) is 24.8 Å². The fourth-order valence-electron chi connectivity index (χ4n) is 3.25. The van der Waals surface area contributed by atoms with Crippen molar-refractivity contribution in [3.63, 3.8) is 0 Å². The Kier molecular flexibility index (Phi) is 11.0. The van der Waals surface area contributed by atoms with Gasteiger partial charge in [0.05, 0.1) is 6.54 Å². The fourth-order valence-corrected chi connectivity index (χ4v) is 3.25. The van der Waals surface area contributed by atoms with Crippen LogP contribution in [0.4, 0.5) is 5.95 Å². The second kappa shape index (κ2) is 13.7. The topological polar surface area (TPSA) is 95.0 Å². The number of aromatic nitrogens is 2. The summed E-state index contributed by atoms with van der Waals surface area (Å²) in [4.78, 5) is 29.2. The van der Waals surface area contributed by atoms with Gasteiger partial charge in [-0.15, -0.1) is 24.0 Å². The smallest absolute Gasteiger partial charge is 0.225 e. The quantitative estimate of drug-likeness (QED) is 0.223. The Labute approximate surface area is 206 Å². The third-order valence-corrected chi connectivity index (χ3v) is 5.01. The third-order valence-electron chi connectivity index (χ3n) is 5.01. The standard InChI is InChI=1S/C22H31N7O2.HI/c1-18-4-6-19(7-5-18)31-17-12-25-21(23-2)24-11-8-20(30)28-13-15-29(16-14-28)22-26-9-3-10-27-22;/h3-7,9-10H,8,11-17H2,1-2H3,(H2,23,24,25);1H. The molecule has 3 rings (SSSR count). The highest BCUT2D eigenvalue weighted by Crippen LogP contribution is 2.11. The maximum absolute atomic E-state index is 12.5. The van der Waals surface area contributed by atoms with Gasteiger partial charge < -0.3 is 25.2 Å². The number of aryl methyl sites for hydroxylation is 1. The van der Waals surface area contributed by atoms with Gasteiger partial charge in [0.25, 0.3) is 0 Å². The number of benzene rings is 1. The molecule has 174 valence electrons. The number of ether oxygens (including phenoxy) is 1. The van der Waals surface area contributed by atoms with E-state index in [-0.39, 0.29) is 29.9 Å². The van der Waals surface area contributed by atoms with Crippen LogP contribution in [0.3, 0.4) is 0 Å². The number of nitrogens with one attached hydrogen (secondary N) is 2. The second-order valence-corrected chi connectivity index (χ2v) is 7.25. The molecule has 2 heterocycles. The summed E-state index contributed by atoms with van der Waals surface area (Å²) in [5.74, 6) is 2.36. The Balaban J connectivity index is 0.00000363. The van der Waals surface area contributed by atoms with E-state index in [1.165, 1.54) is 5.56 Å². The molecular weight excluding hydrogens is 521 g/mol. The van der Waals surface area contributed by atoms with E-state index in [9.17, 15) is 4.79 Å². The van der Waals surface area contributed by atoms with Crippen LogP contribution in [-0.2, 0) is 4.79 Å². The summed E-state index contributed by atoms with van der Waals surface area (Å²) in [6.45, 7) is 6.56. The minimum atomic E-state index is 0. The first-order chi connectivity index (χ1) is 15.2. The molecule has 10 heteroatoms. The average Bonchev–Trinajstić information content (AvgIpc) is 2.82. The summed E-state index contributed by atoms with van der Waals surface area (Å²) in [5.41, 5.74) is 1.21. The Hall–Kier alpha value is -2.63. The molecule has 2 N–H and O–H groups in total. The van der Waals surface area contributed by atoms with Crippen molar-refractivity contribution in [3.05, 3.63) is 48.3 Å². The zero-order valence-electron chi connectivity index (χ0n) is 18.7. The molecule has 1 aromatic heterocycles. The van der Waals surface area contributed by atoms with Crippen LogP contribution in [0.5, 0.6) is 5.75 Å². The largest absolute Gasteiger partial charge is 0.492 e. The van der Waals surface area contributed by atoms with Gasteiger partial charge in [0.2, 0.25) is 11.9 Å². The molecule has 0 radical (unpaired) electrons. The Morgan fingerprint density at radius 1 is 1.06 bits per heavy atom. The van der Waals surface area contributed by atoms with E-state index in [2.05, 4.69) is 30.5 Å². The van der Waals surface area contributed by atoms with Gasteiger partial charge in [0.15, 0.2) is 5.96 Å². The molecule has 32 heavy (non-hydrogen) atoms. The van der Waals surface area contributed by atoms with Gasteiger partial charge in [0.1, 0.15) is 12.4 Å². The lowest BCUT2D eigenvalue weighted by Crippen LogP contribution is -2.50. The molecule has 0 spiro atoms. The van der Waals surface area contributed by atoms with E-state index in [1.54, 1.807) is 25.5 Å². The first-order valence-electron chi connectivity index (χ1n) is 10.6. The number of nitrogens with zero attached hydrogens (tertiary/aromatic N) is 5. The molecule has 2 aromatic rings. The van der Waals surface area contributed by atoms with Crippen molar-refractivity contribution in [3.8, 4) is 5.75 Å². The number of carbonyl (C=O) groups is 1. The van der Waals surface area contributed by atoms with Crippen LogP contribution in [0.25, 0.3) is 0 Å². The van der Waals surface area contributed by atoms with Crippen LogP contribution in [0.2, 0.25) is 0 Å². The molecule has 9 nitrogen and oxygen atoms in total. The molecule has 1 aliphatic heterocycles. The van der Waals surface area contributed by atoms with Crippen molar-refractivity contribution in [1.29, 1.82) is 0 Å². The molecule has 1 fully saturated rings. The summed E-state index contributed by atoms with van der Waals surface area (Å²) < 4.78 is 5.70. The van der Waals surface area contributed by atoms with E-state index in [4.69, 9.17) is 4.74 Å². The van der Waals surface area contributed by atoms with Crippen molar-refractivity contribution in [2.75, 3.05) is 57.8 Å². The van der Waals surface area contributed by atoms with Crippen molar-refractivity contribution in [2.45, 2.75) is 13.3 Å². The maximum Gasteiger partial charge on any atom is 0.225 e. The lowest BCUT2D eigenvalue weighted by atomic mass is 10.2. The van der Waals surface area contributed by atoms with Gasteiger partial charge in [0, 0.05) is 58.6 Å². The summed E-state index contributed by atoms with van der Waals surface area (Å²) in [6.07, 6.45) is 3.89. The normalized spacial score (nSPS) is 13.9. The minimum Gasteiger partial charge on any atom is -0.492 e. The number of amides is 1. The number of halogens is 1. The summed E-state index contributed by atoms with van der Waals surface area (Å²) in [5, 5.41) is 6.38. The molecule has 1 aliphatic rings. The number of hydrogen-bond donors (Lipinski definition) is 2. The Morgan fingerprint density at radius 3 is 2.38 bits per heavy atom. The van der Waals surface area contributed by atoms with Crippen LogP contribution in [0.1, 0.15) is 12.0 Å². The lowest BCUT2D eigenvalue weighted by Gasteiger charge is -2.34. The van der Waals surface area contributed by atoms with Crippen molar-refractivity contribution in [2.24, 2.45) is 4.99 Å². The minimum absolute atomic E-state index is 0. The first-order valence-corrected chi connectivity index (χ1v) is 10.6. The third kappa shape index (κ3) is 8.13. The molecule has 1 amide bonds. The molecule has 0 bridgehead atoms. The molecule has 0 saturated carbocycles. The van der Waals surface area contributed by atoms with E-state index in [1.807, 2.05) is 36.1 Å². The number of anilines is 1. The summed E-state index contributed by atoms with van der Waals surface area (Å²) in [7, 11) is 1.71. The number of hydrogen-bond acceptors (Lipinski definition) is 6. The maximum atomic E-state index is 12.5. The number of piperazine rings is 1. The molecule has 0 atom stereocenters. The van der Waals surface area contributed by atoms with Gasteiger partial charge in [-0.2, -0.15) is 0 Å². The number of rotatable bonds is 8. The van der Waals surface area contributed by atoms with Crippen LogP contribution in [0.15, 0.2) is 47.7 Å². The number of carbonyl (C=O) groups excluding carboxylic acids is 1. The van der Waals surface area contributed by atoms with Crippen LogP contribution < -0.4 is 20.3 Å². The highest BCUT2D eigenvalue weighted by molar-refractivity contribution is 14.0. The molecule has 1 aromatic carbocycles. The highest BCUT2D eigenvalue weighted by atomic mass is 127. The Bertz CT molecular complexity index is 841. The van der Waals surface area contributed by atoms with Gasteiger partial charge in [-0.25, -0.2) is 9.97 Å². The zero-order chi connectivity index (χ0) is 21.9.